The number of carbonyl (C=O) groups is 1. The smallest absolute Gasteiger partial charge is 0.217 e. The summed E-state index contributed by atoms with van der Waals surface area (Å²) in [4.78, 5) is 11.7. The van der Waals surface area contributed by atoms with E-state index in [1.807, 2.05) is 6.92 Å². The topological polar surface area (TPSA) is 88.0 Å². The monoisotopic (exact) mass is 307 g/mol. The van der Waals surface area contributed by atoms with Gasteiger partial charge in [-0.25, -0.2) is 0 Å². The standard InChI is InChI=1S/C16H21NO5/c1-10(18)17-16(15(2)21-7-8-22-15)6-5-11-12(9-16)14(20)4-3-13(11)19/h3-4,19-20H,5-9H2,1-2H3,(H,17,18). The minimum atomic E-state index is -0.950. The van der Waals surface area contributed by atoms with Gasteiger partial charge in [0, 0.05) is 24.5 Å². The number of carbonyl (C=O) groups excluding carboxylic acids is 1. The molecule has 1 fully saturated rings. The van der Waals surface area contributed by atoms with E-state index in [1.54, 1.807) is 0 Å². The van der Waals surface area contributed by atoms with Crippen molar-refractivity contribution in [1.29, 1.82) is 0 Å². The van der Waals surface area contributed by atoms with Crippen molar-refractivity contribution in [2.45, 2.75) is 44.4 Å². The summed E-state index contributed by atoms with van der Waals surface area (Å²) < 4.78 is 11.6. The minimum Gasteiger partial charge on any atom is -0.508 e. The van der Waals surface area contributed by atoms with Crippen LogP contribution in [-0.4, -0.2) is 40.7 Å². The van der Waals surface area contributed by atoms with Crippen LogP contribution in [0.15, 0.2) is 12.1 Å². The van der Waals surface area contributed by atoms with E-state index in [2.05, 4.69) is 5.32 Å². The van der Waals surface area contributed by atoms with Crippen LogP contribution >= 0.6 is 0 Å². The third-order valence-corrected chi connectivity index (χ3v) is 4.78. The molecule has 1 saturated heterocycles. The molecule has 1 aromatic rings. The van der Waals surface area contributed by atoms with Gasteiger partial charge in [-0.1, -0.05) is 0 Å². The number of benzene rings is 1. The fourth-order valence-electron chi connectivity index (χ4n) is 3.61. The fraction of sp³-hybridized carbons (Fsp3) is 0.562. The zero-order valence-electron chi connectivity index (χ0n) is 12.8. The lowest BCUT2D eigenvalue weighted by Gasteiger charge is -2.47. The Morgan fingerprint density at radius 1 is 1.18 bits per heavy atom. The SMILES string of the molecule is CC(=O)NC1(C2(C)OCCO2)CCc2c(O)ccc(O)c2C1. The van der Waals surface area contributed by atoms with Gasteiger partial charge < -0.3 is 25.0 Å². The van der Waals surface area contributed by atoms with Gasteiger partial charge >= 0.3 is 0 Å². The normalized spacial score (nSPS) is 26.5. The minimum absolute atomic E-state index is 0.115. The second-order valence-electron chi connectivity index (χ2n) is 6.14. The number of aromatic hydroxyl groups is 2. The van der Waals surface area contributed by atoms with E-state index >= 15 is 0 Å². The molecule has 0 spiro atoms. The average molecular weight is 307 g/mol. The second-order valence-corrected chi connectivity index (χ2v) is 6.14. The number of fused-ring (bicyclic) bond motifs is 1. The van der Waals surface area contributed by atoms with E-state index in [0.29, 0.717) is 38.0 Å². The van der Waals surface area contributed by atoms with Gasteiger partial charge in [-0.15, -0.1) is 0 Å². The summed E-state index contributed by atoms with van der Waals surface area (Å²) in [5.74, 6) is -0.844. The maximum atomic E-state index is 11.7. The Labute approximate surface area is 129 Å². The number of rotatable bonds is 2. The number of phenols is 2. The van der Waals surface area contributed by atoms with E-state index < -0.39 is 11.3 Å². The highest BCUT2D eigenvalue weighted by molar-refractivity contribution is 5.74. The molecule has 22 heavy (non-hydrogen) atoms. The van der Waals surface area contributed by atoms with Crippen molar-refractivity contribution in [1.82, 2.24) is 5.32 Å². The largest absolute Gasteiger partial charge is 0.508 e. The van der Waals surface area contributed by atoms with Gasteiger partial charge in [0.15, 0.2) is 5.79 Å². The summed E-state index contributed by atoms with van der Waals surface area (Å²) in [5, 5.41) is 23.2. The zero-order chi connectivity index (χ0) is 16.0. The molecule has 1 aromatic carbocycles. The molecule has 1 aliphatic carbocycles. The van der Waals surface area contributed by atoms with E-state index in [1.165, 1.54) is 19.1 Å². The number of nitrogens with one attached hydrogen (secondary N) is 1. The zero-order valence-corrected chi connectivity index (χ0v) is 12.8. The number of hydrogen-bond acceptors (Lipinski definition) is 5. The predicted molar refractivity (Wildman–Crippen MR) is 78.7 cm³/mol. The van der Waals surface area contributed by atoms with Crippen LogP contribution in [0.4, 0.5) is 0 Å². The summed E-state index contributed by atoms with van der Waals surface area (Å²) in [7, 11) is 0. The van der Waals surface area contributed by atoms with E-state index in [9.17, 15) is 15.0 Å². The molecule has 1 atom stereocenters. The molecule has 1 aliphatic heterocycles. The van der Waals surface area contributed by atoms with Gasteiger partial charge in [-0.05, 0) is 31.9 Å². The van der Waals surface area contributed by atoms with Crippen molar-refractivity contribution < 1.29 is 24.5 Å². The predicted octanol–water partition coefficient (Wildman–Crippen LogP) is 1.22. The van der Waals surface area contributed by atoms with Crippen molar-refractivity contribution in [2.24, 2.45) is 0 Å². The Morgan fingerprint density at radius 2 is 1.77 bits per heavy atom. The number of ether oxygens (including phenoxy) is 2. The highest BCUT2D eigenvalue weighted by Crippen LogP contribution is 2.45. The van der Waals surface area contributed by atoms with Crippen molar-refractivity contribution >= 4 is 5.91 Å². The van der Waals surface area contributed by atoms with E-state index in [4.69, 9.17) is 9.47 Å². The number of hydrogen-bond donors (Lipinski definition) is 3. The molecule has 6 nitrogen and oxygen atoms in total. The quantitative estimate of drug-likeness (QED) is 0.715. The van der Waals surface area contributed by atoms with Gasteiger partial charge in [0.1, 0.15) is 11.5 Å². The lowest BCUT2D eigenvalue weighted by Crippen LogP contribution is -2.66. The van der Waals surface area contributed by atoms with E-state index in [-0.39, 0.29) is 17.4 Å². The van der Waals surface area contributed by atoms with Gasteiger partial charge in [0.25, 0.3) is 0 Å². The molecule has 1 unspecified atom stereocenters. The maximum Gasteiger partial charge on any atom is 0.217 e. The molecular formula is C16H21NO5. The summed E-state index contributed by atoms with van der Waals surface area (Å²) in [6, 6.07) is 2.96. The van der Waals surface area contributed by atoms with Crippen LogP contribution in [0.2, 0.25) is 0 Å². The van der Waals surface area contributed by atoms with Crippen molar-refractivity contribution in [3.05, 3.63) is 23.3 Å². The Kier molecular flexibility index (Phi) is 3.53. The van der Waals surface area contributed by atoms with Crippen LogP contribution < -0.4 is 5.32 Å². The summed E-state index contributed by atoms with van der Waals surface area (Å²) in [5.41, 5.74) is 0.594. The molecule has 0 bridgehead atoms. The molecule has 2 aliphatic rings. The fourth-order valence-corrected chi connectivity index (χ4v) is 3.61. The Bertz CT molecular complexity index is 609. The summed E-state index contributed by atoms with van der Waals surface area (Å²) in [6.07, 6.45) is 1.43. The third-order valence-electron chi connectivity index (χ3n) is 4.78. The van der Waals surface area contributed by atoms with Crippen LogP contribution in [0.1, 0.15) is 31.4 Å². The third kappa shape index (κ3) is 2.23. The molecule has 3 N–H and O–H groups in total. The number of amides is 1. The van der Waals surface area contributed by atoms with Crippen LogP contribution in [0.25, 0.3) is 0 Å². The second kappa shape index (κ2) is 5.14. The van der Waals surface area contributed by atoms with Crippen LogP contribution in [0, 0.1) is 0 Å². The highest BCUT2D eigenvalue weighted by atomic mass is 16.7. The Balaban J connectivity index is 2.06. The van der Waals surface area contributed by atoms with Gasteiger partial charge in [-0.3, -0.25) is 4.79 Å². The first-order valence-electron chi connectivity index (χ1n) is 7.46. The number of phenolic OH excluding ortho intramolecular Hbond substituents is 2. The molecule has 1 heterocycles. The summed E-state index contributed by atoms with van der Waals surface area (Å²) in [6.45, 7) is 4.21. The molecule has 120 valence electrons. The molecule has 3 rings (SSSR count). The summed E-state index contributed by atoms with van der Waals surface area (Å²) >= 11 is 0. The Hall–Kier alpha value is -1.79. The maximum absolute atomic E-state index is 11.7. The molecule has 0 saturated carbocycles. The molecule has 0 radical (unpaired) electrons. The first kappa shape index (κ1) is 15.1. The van der Waals surface area contributed by atoms with Gasteiger partial charge in [0.05, 0.1) is 18.8 Å². The molecule has 0 aromatic heterocycles. The molecule has 1 amide bonds. The molecule has 6 heteroatoms. The molecular weight excluding hydrogens is 286 g/mol. The first-order chi connectivity index (χ1) is 10.4. The van der Waals surface area contributed by atoms with Crippen LogP contribution in [0.3, 0.4) is 0 Å². The van der Waals surface area contributed by atoms with Crippen molar-refractivity contribution in [3.63, 3.8) is 0 Å². The van der Waals surface area contributed by atoms with Crippen molar-refractivity contribution in [2.75, 3.05) is 13.2 Å². The Morgan fingerprint density at radius 3 is 2.36 bits per heavy atom. The average Bonchev–Trinajstić information content (AvgIpc) is 2.91. The van der Waals surface area contributed by atoms with Crippen LogP contribution in [-0.2, 0) is 27.1 Å². The van der Waals surface area contributed by atoms with Crippen molar-refractivity contribution in [3.8, 4) is 11.5 Å². The first-order valence-corrected chi connectivity index (χ1v) is 7.46. The lowest BCUT2D eigenvalue weighted by atomic mass is 9.72. The van der Waals surface area contributed by atoms with Crippen LogP contribution in [0.5, 0.6) is 11.5 Å². The highest BCUT2D eigenvalue weighted by Gasteiger charge is 2.55. The van der Waals surface area contributed by atoms with E-state index in [0.717, 1.165) is 5.56 Å². The van der Waals surface area contributed by atoms with Gasteiger partial charge in [0.2, 0.25) is 5.91 Å². The lowest BCUT2D eigenvalue weighted by molar-refractivity contribution is -0.205. The van der Waals surface area contributed by atoms with Gasteiger partial charge in [-0.2, -0.15) is 0 Å².